The molecule has 26 nitrogen and oxygen atoms in total. The van der Waals surface area contributed by atoms with Crippen LogP contribution in [0.15, 0.2) is 97.8 Å². The molecule has 4 aliphatic heterocycles. The van der Waals surface area contributed by atoms with E-state index in [-0.39, 0.29) is 58.0 Å². The van der Waals surface area contributed by atoms with Crippen molar-refractivity contribution in [2.75, 3.05) is 129 Å². The summed E-state index contributed by atoms with van der Waals surface area (Å²) in [5.41, 5.74) is 16.2. The van der Waals surface area contributed by atoms with Crippen molar-refractivity contribution in [3.8, 4) is 34.0 Å². The van der Waals surface area contributed by atoms with Crippen LogP contribution in [0.4, 0.5) is 84.5 Å². The van der Waals surface area contributed by atoms with Gasteiger partial charge in [-0.25, -0.2) is 28.7 Å². The fourth-order valence-electron chi connectivity index (χ4n) is 13.9. The van der Waals surface area contributed by atoms with Crippen LogP contribution in [0.5, 0.6) is 11.5 Å². The molecule has 0 radical (unpaired) electrons. The molecule has 616 valence electrons. The first-order chi connectivity index (χ1) is 53.9. The lowest BCUT2D eigenvalue weighted by Gasteiger charge is -2.42. The van der Waals surface area contributed by atoms with Gasteiger partial charge in [-0.1, -0.05) is 13.8 Å². The van der Waals surface area contributed by atoms with Crippen molar-refractivity contribution in [3.63, 3.8) is 0 Å². The molecule has 4 amide bonds. The predicted octanol–water partition coefficient (Wildman–Crippen LogP) is 7.96. The number of carbonyl (C=O) groups is 6. The van der Waals surface area contributed by atoms with Gasteiger partial charge in [0, 0.05) is 161 Å². The number of carbonyl (C=O) groups excluding carboxylic acids is 6. The first kappa shape index (κ1) is 87.0. The lowest BCUT2D eigenvalue weighted by atomic mass is 9.93. The van der Waals surface area contributed by atoms with E-state index in [9.17, 15) is 80.6 Å². The number of alkyl halides is 10. The summed E-state index contributed by atoms with van der Waals surface area (Å²) in [6, 6.07) is 14.9. The van der Waals surface area contributed by atoms with E-state index in [0.717, 1.165) is 109 Å². The van der Waals surface area contributed by atoms with Crippen LogP contribution >= 0.6 is 0 Å². The van der Waals surface area contributed by atoms with Gasteiger partial charge in [0.1, 0.15) is 11.9 Å². The lowest BCUT2D eigenvalue weighted by Crippen LogP contribution is -2.56. The number of carboxylic acid groups (broad SMARTS) is 2. The summed E-state index contributed by atoms with van der Waals surface area (Å²) in [7, 11) is 4.40. The van der Waals surface area contributed by atoms with Gasteiger partial charge in [-0.3, -0.25) is 28.0 Å². The fraction of sp³-hybridized carbons (Fsp3) is 0.432. The minimum absolute atomic E-state index is 0.0211. The number of anilines is 4. The maximum atomic E-state index is 14.9. The van der Waals surface area contributed by atoms with Crippen molar-refractivity contribution < 1.29 is 119 Å². The zero-order valence-electron chi connectivity index (χ0n) is 62.0. The highest BCUT2D eigenvalue weighted by Gasteiger charge is 2.39. The number of halogens is 14. The Labute approximate surface area is 643 Å². The van der Waals surface area contributed by atoms with Gasteiger partial charge >= 0.3 is 25.6 Å². The Morgan fingerprint density at radius 3 is 1.13 bits per heavy atom. The third-order valence-corrected chi connectivity index (χ3v) is 20.2. The quantitative estimate of drug-likeness (QED) is 0.0415. The summed E-state index contributed by atoms with van der Waals surface area (Å²) in [6.07, 6.45) is 2.80. The van der Waals surface area contributed by atoms with Crippen molar-refractivity contribution >= 4 is 69.9 Å². The van der Waals surface area contributed by atoms with Gasteiger partial charge in [0.25, 0.3) is 11.8 Å². The molecule has 4 aromatic heterocycles. The predicted molar refractivity (Wildman–Crippen MR) is 380 cm³/mol. The van der Waals surface area contributed by atoms with Gasteiger partial charge in [0.2, 0.25) is 23.4 Å². The van der Waals surface area contributed by atoms with Crippen LogP contribution in [-0.4, -0.2) is 237 Å². The molecule has 0 unspecified atom stereocenters. The summed E-state index contributed by atoms with van der Waals surface area (Å²) in [6.45, 7) is 8.08. The van der Waals surface area contributed by atoms with Crippen molar-refractivity contribution in [3.05, 3.63) is 143 Å². The second kappa shape index (κ2) is 37.3. The number of rotatable bonds is 20. The maximum absolute atomic E-state index is 14.9. The number of piperazine rings is 2. The van der Waals surface area contributed by atoms with Crippen LogP contribution in [-0.2, 0) is 32.0 Å². The van der Waals surface area contributed by atoms with E-state index in [1.807, 2.05) is 35.8 Å². The number of aryl methyl sites for hydroxylation is 2. The number of hydrogen-bond acceptors (Lipinski definition) is 18. The summed E-state index contributed by atoms with van der Waals surface area (Å²) >= 11 is 0. The third kappa shape index (κ3) is 21.1. The topological polar surface area (TPSA) is 316 Å². The highest BCUT2D eigenvalue weighted by molar-refractivity contribution is 5.97. The number of benzene rings is 4. The molecule has 8 heterocycles. The Balaban J connectivity index is 0.000000223. The summed E-state index contributed by atoms with van der Waals surface area (Å²) in [4.78, 5) is 96.3. The molecular weight excluding hydrogens is 1540 g/mol. The van der Waals surface area contributed by atoms with Gasteiger partial charge in [-0.15, -0.1) is 0 Å². The Morgan fingerprint density at radius 2 is 0.833 bits per heavy atom. The zero-order valence-corrected chi connectivity index (χ0v) is 62.0. The van der Waals surface area contributed by atoms with Crippen LogP contribution in [0, 0.1) is 35.1 Å². The number of aromatic nitrogens is 6. The normalized spacial score (nSPS) is 18.6. The Kier molecular flexibility index (Phi) is 28.5. The molecule has 0 aliphatic carbocycles. The SMILES string of the molecule is CCc1cc(Nc2nccn3c(-c4ccc(OC(F)F)c(F)c4F)cnc23)ccc1C(=O)N1CCN(C(=O)C2CC[N+](C)(CCN)CC2)CC1.CCc1cc(Nc2nccn3c(-c4ccc(OC(F)F)c(F)c4F)cnc23)ccc1C(=O)N1CCN(C(=O)C2CC[N+](C)(CCN)CC2)CC1.O=C([O-])C(F)(F)F.O=C([O-])C(F)(F)F. The molecule has 0 saturated carbocycles. The molecule has 4 aliphatic rings. The van der Waals surface area contributed by atoms with Crippen molar-refractivity contribution in [2.45, 2.75) is 77.9 Å². The number of fused-ring (bicyclic) bond motifs is 2. The number of piperidine rings is 2. The van der Waals surface area contributed by atoms with Crippen LogP contribution in [0.25, 0.3) is 33.8 Å². The van der Waals surface area contributed by atoms with E-state index in [4.69, 9.17) is 31.3 Å². The molecule has 12 rings (SSSR count). The summed E-state index contributed by atoms with van der Waals surface area (Å²) in [5, 5.41) is 24.0. The molecular formula is C74H82F14N16O10. The summed E-state index contributed by atoms with van der Waals surface area (Å²) in [5.74, 6) is -12.7. The van der Waals surface area contributed by atoms with Crippen molar-refractivity contribution in [2.24, 2.45) is 23.3 Å². The van der Waals surface area contributed by atoms with E-state index in [0.29, 0.717) is 124 Å². The van der Waals surface area contributed by atoms with Crippen LogP contribution in [0.2, 0.25) is 0 Å². The van der Waals surface area contributed by atoms with Gasteiger partial charge < -0.3 is 79.9 Å². The molecule has 4 saturated heterocycles. The number of nitrogens with one attached hydrogen (secondary N) is 2. The molecule has 40 heteroatoms. The van der Waals surface area contributed by atoms with E-state index in [1.54, 1.807) is 34.1 Å². The minimum Gasteiger partial charge on any atom is -0.542 e. The van der Waals surface area contributed by atoms with Crippen LogP contribution in [0.3, 0.4) is 0 Å². The van der Waals surface area contributed by atoms with Crippen LogP contribution < -0.4 is 41.8 Å². The molecule has 6 N–H and O–H groups in total. The van der Waals surface area contributed by atoms with Gasteiger partial charge in [-0.2, -0.15) is 52.7 Å². The van der Waals surface area contributed by atoms with E-state index in [2.05, 4.69) is 54.1 Å². The zero-order chi connectivity index (χ0) is 83.3. The minimum atomic E-state index is -5.19. The molecule has 0 bridgehead atoms. The molecule has 0 atom stereocenters. The first-order valence-corrected chi connectivity index (χ1v) is 36.0. The number of imidazole rings is 2. The maximum Gasteiger partial charge on any atom is 0.430 e. The van der Waals surface area contributed by atoms with Crippen molar-refractivity contribution in [1.82, 2.24) is 48.3 Å². The number of quaternary nitrogens is 2. The van der Waals surface area contributed by atoms with Gasteiger partial charge in [-0.05, 0) is 84.6 Å². The molecule has 114 heavy (non-hydrogen) atoms. The number of aliphatic carboxylic acids is 2. The molecule has 0 spiro atoms. The number of hydrogen-bond donors (Lipinski definition) is 4. The first-order valence-electron chi connectivity index (χ1n) is 36.0. The number of nitrogens with two attached hydrogens (primary N) is 2. The molecule has 4 fully saturated rings. The second-order valence-electron chi connectivity index (χ2n) is 27.7. The van der Waals surface area contributed by atoms with E-state index >= 15 is 0 Å². The number of nitrogens with zero attached hydrogens (tertiary/aromatic N) is 12. The fourth-order valence-corrected chi connectivity index (χ4v) is 13.9. The van der Waals surface area contributed by atoms with Gasteiger partial charge in [0.15, 0.2) is 46.1 Å². The molecule has 8 aromatic rings. The highest BCUT2D eigenvalue weighted by Crippen LogP contribution is 2.36. The number of likely N-dealkylation sites (tertiary alicyclic amines) is 2. The lowest BCUT2D eigenvalue weighted by molar-refractivity contribution is -0.913. The van der Waals surface area contributed by atoms with Crippen molar-refractivity contribution in [1.29, 1.82) is 0 Å². The average molecular weight is 1620 g/mol. The second-order valence-corrected chi connectivity index (χ2v) is 27.7. The number of carboxylic acids is 2. The van der Waals surface area contributed by atoms with E-state index in [1.165, 1.54) is 46.0 Å². The average Bonchev–Trinajstić information content (AvgIpc) is 1.61. The highest BCUT2D eigenvalue weighted by atomic mass is 19.4. The number of ether oxygens (including phenoxy) is 2. The number of amides is 4. The Bertz CT molecular complexity index is 4460. The van der Waals surface area contributed by atoms with E-state index < -0.39 is 72.3 Å². The molecule has 4 aromatic carbocycles. The third-order valence-electron chi connectivity index (χ3n) is 20.2. The summed E-state index contributed by atoms with van der Waals surface area (Å²) < 4.78 is 185. The monoisotopic (exact) mass is 1620 g/mol. The van der Waals surface area contributed by atoms with Gasteiger partial charge in [0.05, 0.1) is 77.1 Å². The smallest absolute Gasteiger partial charge is 0.430 e. The van der Waals surface area contributed by atoms with Crippen LogP contribution in [0.1, 0.15) is 71.4 Å². The Hall–Kier alpha value is -11.0. The Morgan fingerprint density at radius 1 is 0.509 bits per heavy atom. The standard InChI is InChI=1S/2C35H40F4N8O3.2C2HF3O2/c2*1-3-22-20-24(43-31-32-42-21-27(46(32)12-11-41-31)26-6-7-28(50-35(38)39)30(37)29(26)36)4-5-25(22)34(49)45-15-13-44(14-16-45)33(48)23-8-17-47(2,18-9-23)19-10-40;2*3-2(4,5)1(6)7/h2*4-7,11-12,20-21,23,35H,3,8-10,13-19,40H2,1-2H3;2*(H,6,7). The number of likely N-dealkylation sites (N-methyl/N-ethyl adjacent to an activating group) is 2. The largest absolute Gasteiger partial charge is 0.542 e.